The van der Waals surface area contributed by atoms with Gasteiger partial charge in [-0.2, -0.15) is 5.10 Å². The van der Waals surface area contributed by atoms with Crippen LogP contribution in [0.25, 0.3) is 0 Å². The molecule has 7 heteroatoms. The van der Waals surface area contributed by atoms with Crippen LogP contribution in [0.15, 0.2) is 18.6 Å². The zero-order chi connectivity index (χ0) is 13.8. The van der Waals surface area contributed by atoms with Crippen molar-refractivity contribution >= 4 is 11.6 Å². The van der Waals surface area contributed by atoms with E-state index >= 15 is 0 Å². The highest BCUT2D eigenvalue weighted by Gasteiger charge is 2.20. The number of aromatic nitrogens is 4. The first-order chi connectivity index (χ1) is 9.13. The maximum absolute atomic E-state index is 6.17. The second-order valence-corrected chi connectivity index (χ2v) is 4.60. The van der Waals surface area contributed by atoms with Crippen LogP contribution in [0, 0.1) is 6.92 Å². The van der Waals surface area contributed by atoms with Gasteiger partial charge in [-0.3, -0.25) is 4.68 Å². The van der Waals surface area contributed by atoms with E-state index < -0.39 is 6.04 Å². The van der Waals surface area contributed by atoms with E-state index in [1.165, 1.54) is 0 Å². The van der Waals surface area contributed by atoms with Gasteiger partial charge in [0.25, 0.3) is 0 Å². The zero-order valence-corrected chi connectivity index (χ0v) is 11.6. The van der Waals surface area contributed by atoms with Crippen molar-refractivity contribution in [3.05, 3.63) is 40.7 Å². The smallest absolute Gasteiger partial charge is 0.151 e. The van der Waals surface area contributed by atoms with Gasteiger partial charge in [0.05, 0.1) is 30.1 Å². The van der Waals surface area contributed by atoms with Crippen molar-refractivity contribution in [3.63, 3.8) is 0 Å². The van der Waals surface area contributed by atoms with Crippen LogP contribution in [0.2, 0.25) is 5.02 Å². The molecular weight excluding hydrogens is 266 g/mol. The van der Waals surface area contributed by atoms with E-state index in [0.29, 0.717) is 29.7 Å². The summed E-state index contributed by atoms with van der Waals surface area (Å²) in [6, 6.07) is -0.507. The van der Waals surface area contributed by atoms with Crippen LogP contribution < -0.4 is 5.73 Å². The number of methoxy groups -OCH3 is 1. The minimum atomic E-state index is -0.507. The number of nitrogens with two attached hydrogens (primary N) is 1. The lowest BCUT2D eigenvalue weighted by Gasteiger charge is -2.13. The molecule has 0 aliphatic carbocycles. The molecule has 0 amide bonds. The summed E-state index contributed by atoms with van der Waals surface area (Å²) in [6.45, 7) is 3.04. The molecule has 2 heterocycles. The molecule has 0 fully saturated rings. The van der Waals surface area contributed by atoms with E-state index in [-0.39, 0.29) is 0 Å². The van der Waals surface area contributed by atoms with Crippen molar-refractivity contribution in [2.45, 2.75) is 19.5 Å². The first-order valence-corrected chi connectivity index (χ1v) is 6.25. The molecule has 2 rings (SSSR count). The van der Waals surface area contributed by atoms with E-state index in [4.69, 9.17) is 22.1 Å². The number of hydrogen-bond donors (Lipinski definition) is 1. The lowest BCUT2D eigenvalue weighted by atomic mass is 10.2. The highest BCUT2D eigenvalue weighted by Crippen LogP contribution is 2.24. The van der Waals surface area contributed by atoms with Gasteiger partial charge in [-0.05, 0) is 12.5 Å². The maximum atomic E-state index is 6.17. The normalized spacial score (nSPS) is 12.6. The molecule has 2 aromatic rings. The van der Waals surface area contributed by atoms with Gasteiger partial charge < -0.3 is 10.5 Å². The van der Waals surface area contributed by atoms with Gasteiger partial charge >= 0.3 is 0 Å². The summed E-state index contributed by atoms with van der Waals surface area (Å²) in [4.78, 5) is 8.46. The van der Waals surface area contributed by atoms with Crippen molar-refractivity contribution in [3.8, 4) is 0 Å². The van der Waals surface area contributed by atoms with Crippen molar-refractivity contribution < 1.29 is 4.74 Å². The Kier molecular flexibility index (Phi) is 4.47. The summed E-state index contributed by atoms with van der Waals surface area (Å²) >= 11 is 6.14. The number of nitrogens with zero attached hydrogens (tertiary/aromatic N) is 4. The number of aryl methyl sites for hydroxylation is 1. The van der Waals surface area contributed by atoms with Crippen LogP contribution in [0.4, 0.5) is 0 Å². The molecule has 0 aromatic carbocycles. The average Bonchev–Trinajstić information content (AvgIpc) is 2.77. The van der Waals surface area contributed by atoms with E-state index in [0.717, 1.165) is 5.56 Å². The number of hydrogen-bond acceptors (Lipinski definition) is 5. The van der Waals surface area contributed by atoms with Crippen LogP contribution in [-0.2, 0) is 11.3 Å². The Morgan fingerprint density at radius 3 is 2.68 bits per heavy atom. The zero-order valence-electron chi connectivity index (χ0n) is 10.9. The molecule has 19 heavy (non-hydrogen) atoms. The van der Waals surface area contributed by atoms with Crippen LogP contribution in [0.1, 0.15) is 23.1 Å². The van der Waals surface area contributed by atoms with Crippen LogP contribution >= 0.6 is 11.6 Å². The summed E-state index contributed by atoms with van der Waals surface area (Å²) in [5, 5.41) is 4.69. The monoisotopic (exact) mass is 281 g/mol. The molecule has 0 radical (unpaired) electrons. The van der Waals surface area contributed by atoms with Crippen molar-refractivity contribution in [1.29, 1.82) is 0 Å². The van der Waals surface area contributed by atoms with E-state index in [1.54, 1.807) is 30.4 Å². The highest BCUT2D eigenvalue weighted by molar-refractivity contribution is 6.31. The molecule has 102 valence electrons. The van der Waals surface area contributed by atoms with Crippen molar-refractivity contribution in [2.75, 3.05) is 13.7 Å². The molecule has 1 unspecified atom stereocenters. The largest absolute Gasteiger partial charge is 0.383 e. The third-order valence-electron chi connectivity index (χ3n) is 2.71. The fraction of sp³-hybridized carbons (Fsp3) is 0.417. The fourth-order valence-electron chi connectivity index (χ4n) is 1.72. The lowest BCUT2D eigenvalue weighted by Crippen LogP contribution is -2.21. The molecule has 0 aliphatic heterocycles. The van der Waals surface area contributed by atoms with Crippen LogP contribution in [0.3, 0.4) is 0 Å². The SMILES string of the molecule is COCCn1ncc(Cl)c1C(N)c1ncc(C)cn1. The molecule has 0 spiro atoms. The van der Waals surface area contributed by atoms with Crippen LogP contribution in [-0.4, -0.2) is 33.5 Å². The lowest BCUT2D eigenvalue weighted by molar-refractivity contribution is 0.182. The summed E-state index contributed by atoms with van der Waals surface area (Å²) in [5.74, 6) is 0.520. The van der Waals surface area contributed by atoms with Gasteiger partial charge in [0.1, 0.15) is 6.04 Å². The second-order valence-electron chi connectivity index (χ2n) is 4.19. The molecule has 0 bridgehead atoms. The molecule has 1 atom stereocenters. The summed E-state index contributed by atoms with van der Waals surface area (Å²) < 4.78 is 6.76. The van der Waals surface area contributed by atoms with Crippen LogP contribution in [0.5, 0.6) is 0 Å². The number of ether oxygens (including phenoxy) is 1. The molecular formula is C12H16ClN5O. The van der Waals surface area contributed by atoms with Gasteiger partial charge in [0.15, 0.2) is 5.82 Å². The Bertz CT molecular complexity index is 540. The standard InChI is InChI=1S/C12H16ClN5O/c1-8-5-15-12(16-6-8)10(14)11-9(13)7-17-18(11)3-4-19-2/h5-7,10H,3-4,14H2,1-2H3. The average molecular weight is 282 g/mol. The first-order valence-electron chi connectivity index (χ1n) is 5.87. The van der Waals surface area contributed by atoms with Gasteiger partial charge in [-0.1, -0.05) is 11.6 Å². The topological polar surface area (TPSA) is 78.9 Å². The minimum absolute atomic E-state index is 0.507. The highest BCUT2D eigenvalue weighted by atomic mass is 35.5. The summed E-state index contributed by atoms with van der Waals surface area (Å²) in [6.07, 6.45) is 5.03. The quantitative estimate of drug-likeness (QED) is 0.894. The Morgan fingerprint density at radius 2 is 2.05 bits per heavy atom. The van der Waals surface area contributed by atoms with Gasteiger partial charge in [0, 0.05) is 19.5 Å². The van der Waals surface area contributed by atoms with Crippen molar-refractivity contribution in [2.24, 2.45) is 5.73 Å². The van der Waals surface area contributed by atoms with E-state index in [2.05, 4.69) is 15.1 Å². The Labute approximate surface area is 116 Å². The van der Waals surface area contributed by atoms with E-state index in [1.807, 2.05) is 6.92 Å². The Morgan fingerprint density at radius 1 is 1.37 bits per heavy atom. The molecule has 0 saturated carbocycles. The maximum Gasteiger partial charge on any atom is 0.151 e. The van der Waals surface area contributed by atoms with Gasteiger partial charge in [-0.15, -0.1) is 0 Å². The van der Waals surface area contributed by atoms with E-state index in [9.17, 15) is 0 Å². The third-order valence-corrected chi connectivity index (χ3v) is 3.01. The fourth-order valence-corrected chi connectivity index (χ4v) is 1.98. The van der Waals surface area contributed by atoms with Crippen molar-refractivity contribution in [1.82, 2.24) is 19.7 Å². The predicted molar refractivity (Wildman–Crippen MR) is 71.9 cm³/mol. The summed E-state index contributed by atoms with van der Waals surface area (Å²) in [5.41, 5.74) is 7.85. The minimum Gasteiger partial charge on any atom is -0.383 e. The predicted octanol–water partition coefficient (Wildman–Crippen LogP) is 1.33. The van der Waals surface area contributed by atoms with Gasteiger partial charge in [-0.25, -0.2) is 9.97 Å². The van der Waals surface area contributed by atoms with Gasteiger partial charge in [0.2, 0.25) is 0 Å². The molecule has 2 N–H and O–H groups in total. The Balaban J connectivity index is 2.29. The number of halogens is 1. The molecule has 0 saturated heterocycles. The second kappa shape index (κ2) is 6.10. The summed E-state index contributed by atoms with van der Waals surface area (Å²) in [7, 11) is 1.63. The number of rotatable bonds is 5. The molecule has 6 nitrogen and oxygen atoms in total. The molecule has 2 aromatic heterocycles. The first kappa shape index (κ1) is 13.9. The Hall–Kier alpha value is -1.50. The molecule has 0 aliphatic rings. The third kappa shape index (κ3) is 3.09.